The molecule has 2 nitrogen and oxygen atoms in total. The molecular formula is C15H23NO. The molecule has 1 saturated carbocycles. The van der Waals surface area contributed by atoms with Crippen molar-refractivity contribution < 1.29 is 5.11 Å². The molecule has 0 heterocycles. The molecule has 1 aromatic carbocycles. The number of anilines is 1. The van der Waals surface area contributed by atoms with Gasteiger partial charge >= 0.3 is 0 Å². The van der Waals surface area contributed by atoms with Crippen molar-refractivity contribution in [3.63, 3.8) is 0 Å². The Morgan fingerprint density at radius 2 is 1.88 bits per heavy atom. The Morgan fingerprint density at radius 3 is 2.53 bits per heavy atom. The van der Waals surface area contributed by atoms with E-state index in [-0.39, 0.29) is 0 Å². The molecule has 17 heavy (non-hydrogen) atoms. The first-order chi connectivity index (χ1) is 8.18. The van der Waals surface area contributed by atoms with Crippen LogP contribution in [0.5, 0.6) is 5.75 Å². The second-order valence-electron chi connectivity index (χ2n) is 5.38. The number of nitrogens with zero attached hydrogens (tertiary/aromatic N) is 1. The molecule has 1 N–H and O–H groups in total. The van der Waals surface area contributed by atoms with Crippen molar-refractivity contribution in [1.29, 1.82) is 0 Å². The zero-order valence-electron chi connectivity index (χ0n) is 10.9. The van der Waals surface area contributed by atoms with E-state index in [0.717, 1.165) is 23.6 Å². The molecule has 0 amide bonds. The zero-order chi connectivity index (χ0) is 12.3. The summed E-state index contributed by atoms with van der Waals surface area (Å²) >= 11 is 0. The highest BCUT2D eigenvalue weighted by Gasteiger charge is 2.18. The Balaban J connectivity index is 2.18. The van der Waals surface area contributed by atoms with Crippen LogP contribution in [0.15, 0.2) is 18.2 Å². The van der Waals surface area contributed by atoms with Gasteiger partial charge in [0.15, 0.2) is 0 Å². The second-order valence-corrected chi connectivity index (χ2v) is 5.38. The topological polar surface area (TPSA) is 23.5 Å². The highest BCUT2D eigenvalue weighted by atomic mass is 16.3. The molecule has 0 bridgehead atoms. The summed E-state index contributed by atoms with van der Waals surface area (Å²) in [6.45, 7) is 0. The summed E-state index contributed by atoms with van der Waals surface area (Å²) < 4.78 is 0. The third kappa shape index (κ3) is 2.93. The number of aromatic hydroxyl groups is 1. The Morgan fingerprint density at radius 1 is 1.18 bits per heavy atom. The van der Waals surface area contributed by atoms with Crippen LogP contribution in [0.3, 0.4) is 0 Å². The summed E-state index contributed by atoms with van der Waals surface area (Å²) in [5, 5.41) is 10.0. The SMILES string of the molecule is CN(C)c1cccc(O)c1CC1CCCCC1. The monoisotopic (exact) mass is 233 g/mol. The molecule has 0 aliphatic heterocycles. The van der Waals surface area contributed by atoms with Gasteiger partial charge in [0.2, 0.25) is 0 Å². The average Bonchev–Trinajstić information content (AvgIpc) is 2.33. The van der Waals surface area contributed by atoms with E-state index in [1.807, 2.05) is 26.2 Å². The smallest absolute Gasteiger partial charge is 0.120 e. The van der Waals surface area contributed by atoms with E-state index in [2.05, 4.69) is 11.0 Å². The summed E-state index contributed by atoms with van der Waals surface area (Å²) in [6.07, 6.45) is 7.77. The van der Waals surface area contributed by atoms with Crippen molar-refractivity contribution in [3.05, 3.63) is 23.8 Å². The lowest BCUT2D eigenvalue weighted by Crippen LogP contribution is -2.15. The van der Waals surface area contributed by atoms with Gasteiger partial charge in [0.25, 0.3) is 0 Å². The van der Waals surface area contributed by atoms with Gasteiger partial charge in [-0.25, -0.2) is 0 Å². The Kier molecular flexibility index (Phi) is 3.93. The minimum atomic E-state index is 0.460. The Hall–Kier alpha value is -1.18. The minimum absolute atomic E-state index is 0.460. The largest absolute Gasteiger partial charge is 0.508 e. The van der Waals surface area contributed by atoms with Crippen LogP contribution in [-0.2, 0) is 6.42 Å². The summed E-state index contributed by atoms with van der Waals surface area (Å²) in [5.74, 6) is 1.22. The van der Waals surface area contributed by atoms with E-state index >= 15 is 0 Å². The molecule has 2 heteroatoms. The van der Waals surface area contributed by atoms with Crippen LogP contribution in [-0.4, -0.2) is 19.2 Å². The fourth-order valence-electron chi connectivity index (χ4n) is 2.87. The van der Waals surface area contributed by atoms with Crippen LogP contribution >= 0.6 is 0 Å². The first-order valence-corrected chi connectivity index (χ1v) is 6.66. The molecule has 1 aliphatic carbocycles. The van der Waals surface area contributed by atoms with Gasteiger partial charge in [-0.3, -0.25) is 0 Å². The molecule has 1 aromatic rings. The fourth-order valence-corrected chi connectivity index (χ4v) is 2.87. The van der Waals surface area contributed by atoms with Gasteiger partial charge in [0.05, 0.1) is 0 Å². The lowest BCUT2D eigenvalue weighted by molar-refractivity contribution is 0.351. The number of hydrogen-bond donors (Lipinski definition) is 1. The minimum Gasteiger partial charge on any atom is -0.508 e. The quantitative estimate of drug-likeness (QED) is 0.862. The zero-order valence-corrected chi connectivity index (χ0v) is 10.9. The number of benzene rings is 1. The van der Waals surface area contributed by atoms with E-state index in [4.69, 9.17) is 0 Å². The number of phenolic OH excluding ortho intramolecular Hbond substituents is 1. The van der Waals surface area contributed by atoms with Crippen LogP contribution in [0, 0.1) is 5.92 Å². The van der Waals surface area contributed by atoms with Gasteiger partial charge in [-0.15, -0.1) is 0 Å². The van der Waals surface area contributed by atoms with Gasteiger partial charge in [0, 0.05) is 25.3 Å². The normalized spacial score (nSPS) is 17.1. The van der Waals surface area contributed by atoms with Crippen molar-refractivity contribution in [2.45, 2.75) is 38.5 Å². The number of hydrogen-bond acceptors (Lipinski definition) is 2. The van der Waals surface area contributed by atoms with E-state index in [1.165, 1.54) is 32.1 Å². The summed E-state index contributed by atoms with van der Waals surface area (Å²) in [6, 6.07) is 5.83. The molecule has 94 valence electrons. The van der Waals surface area contributed by atoms with Crippen molar-refractivity contribution >= 4 is 5.69 Å². The highest BCUT2D eigenvalue weighted by Crippen LogP contribution is 2.34. The standard InChI is InChI=1S/C15H23NO/c1-16(2)14-9-6-10-15(17)13(14)11-12-7-4-3-5-8-12/h6,9-10,12,17H,3-5,7-8,11H2,1-2H3. The van der Waals surface area contributed by atoms with E-state index in [0.29, 0.717) is 5.75 Å². The molecule has 0 atom stereocenters. The highest BCUT2D eigenvalue weighted by molar-refractivity contribution is 5.58. The van der Waals surface area contributed by atoms with Crippen LogP contribution in [0.25, 0.3) is 0 Å². The maximum absolute atomic E-state index is 10.0. The Bertz CT molecular complexity index is 367. The lowest BCUT2D eigenvalue weighted by Gasteiger charge is -2.25. The van der Waals surface area contributed by atoms with E-state index in [9.17, 15) is 5.11 Å². The van der Waals surface area contributed by atoms with Gasteiger partial charge in [0.1, 0.15) is 5.75 Å². The molecule has 2 rings (SSSR count). The maximum atomic E-state index is 10.0. The molecule has 0 saturated heterocycles. The van der Waals surface area contributed by atoms with E-state index < -0.39 is 0 Å². The Labute approximate surface area is 104 Å². The predicted octanol–water partition coefficient (Wildman–Crippen LogP) is 3.58. The summed E-state index contributed by atoms with van der Waals surface area (Å²) in [4.78, 5) is 2.10. The van der Waals surface area contributed by atoms with Crippen molar-refractivity contribution in [1.82, 2.24) is 0 Å². The predicted molar refractivity (Wildman–Crippen MR) is 72.7 cm³/mol. The van der Waals surface area contributed by atoms with Gasteiger partial charge in [-0.1, -0.05) is 38.2 Å². The molecule has 0 unspecified atom stereocenters. The molecule has 1 aliphatic rings. The first-order valence-electron chi connectivity index (χ1n) is 6.66. The first kappa shape index (κ1) is 12.3. The van der Waals surface area contributed by atoms with Crippen molar-refractivity contribution in [3.8, 4) is 5.75 Å². The van der Waals surface area contributed by atoms with Gasteiger partial charge in [-0.05, 0) is 24.5 Å². The molecule has 0 radical (unpaired) electrons. The van der Waals surface area contributed by atoms with Crippen LogP contribution < -0.4 is 4.90 Å². The van der Waals surface area contributed by atoms with Crippen molar-refractivity contribution in [2.75, 3.05) is 19.0 Å². The second kappa shape index (κ2) is 5.44. The van der Waals surface area contributed by atoms with Crippen LogP contribution in [0.1, 0.15) is 37.7 Å². The molecular weight excluding hydrogens is 210 g/mol. The van der Waals surface area contributed by atoms with Gasteiger partial charge in [-0.2, -0.15) is 0 Å². The lowest BCUT2D eigenvalue weighted by atomic mass is 9.84. The number of rotatable bonds is 3. The van der Waals surface area contributed by atoms with Crippen LogP contribution in [0.4, 0.5) is 5.69 Å². The third-order valence-electron chi connectivity index (χ3n) is 3.83. The molecule has 0 spiro atoms. The third-order valence-corrected chi connectivity index (χ3v) is 3.83. The molecule has 0 aromatic heterocycles. The van der Waals surface area contributed by atoms with E-state index in [1.54, 1.807) is 0 Å². The number of phenols is 1. The van der Waals surface area contributed by atoms with Crippen LogP contribution in [0.2, 0.25) is 0 Å². The fraction of sp³-hybridized carbons (Fsp3) is 0.600. The van der Waals surface area contributed by atoms with Gasteiger partial charge < -0.3 is 10.0 Å². The maximum Gasteiger partial charge on any atom is 0.120 e. The average molecular weight is 233 g/mol. The molecule has 1 fully saturated rings. The summed E-state index contributed by atoms with van der Waals surface area (Å²) in [5.41, 5.74) is 2.29. The van der Waals surface area contributed by atoms with Crippen molar-refractivity contribution in [2.24, 2.45) is 5.92 Å². The summed E-state index contributed by atoms with van der Waals surface area (Å²) in [7, 11) is 4.08.